The average molecular weight is 368 g/mol. The number of carbonyl (C=O) groups is 1. The largest absolute Gasteiger partial charge is 0.381 e. The van der Waals surface area contributed by atoms with Gasteiger partial charge in [0.25, 0.3) is 0 Å². The van der Waals surface area contributed by atoms with E-state index in [1.165, 1.54) is 6.92 Å². The summed E-state index contributed by atoms with van der Waals surface area (Å²) in [6, 6.07) is 11.6. The lowest BCUT2D eigenvalue weighted by molar-refractivity contribution is -0.114. The first-order valence-corrected chi connectivity index (χ1v) is 7.69. The van der Waals surface area contributed by atoms with Crippen LogP contribution in [0.2, 0.25) is 5.02 Å². The Bertz CT molecular complexity index is 673. The number of nitrogens with one attached hydrogen (secondary N) is 2. The Kier molecular flexibility index (Phi) is 5.26. The summed E-state index contributed by atoms with van der Waals surface area (Å²) in [5.41, 5.74) is 3.84. The Morgan fingerprint density at radius 3 is 2.67 bits per heavy atom. The molecule has 0 aliphatic carbocycles. The van der Waals surface area contributed by atoms with Gasteiger partial charge < -0.3 is 10.6 Å². The fourth-order valence-corrected chi connectivity index (χ4v) is 2.57. The van der Waals surface area contributed by atoms with Gasteiger partial charge in [-0.2, -0.15) is 0 Å². The molecule has 0 heterocycles. The first-order valence-electron chi connectivity index (χ1n) is 6.52. The normalized spacial score (nSPS) is 10.3. The number of aryl methyl sites for hydroxylation is 1. The lowest BCUT2D eigenvalue weighted by atomic mass is 10.1. The van der Waals surface area contributed by atoms with Gasteiger partial charge in [-0.05, 0) is 54.4 Å². The number of carbonyl (C=O) groups excluding carboxylic acids is 1. The molecule has 2 aromatic rings. The van der Waals surface area contributed by atoms with E-state index in [2.05, 4.69) is 26.6 Å². The van der Waals surface area contributed by atoms with E-state index in [1.54, 1.807) is 0 Å². The van der Waals surface area contributed by atoms with E-state index in [0.717, 1.165) is 32.0 Å². The van der Waals surface area contributed by atoms with Gasteiger partial charge in [-0.3, -0.25) is 4.79 Å². The summed E-state index contributed by atoms with van der Waals surface area (Å²) < 4.78 is 1.00. The third kappa shape index (κ3) is 4.48. The number of hydrogen-bond donors (Lipinski definition) is 2. The highest BCUT2D eigenvalue weighted by Crippen LogP contribution is 2.24. The molecule has 5 heteroatoms. The Hall–Kier alpha value is -1.52. The molecular weight excluding hydrogens is 352 g/mol. The number of amides is 1. The Morgan fingerprint density at radius 1 is 1.24 bits per heavy atom. The van der Waals surface area contributed by atoms with E-state index in [1.807, 2.05) is 43.3 Å². The molecule has 0 bridgehead atoms. The zero-order valence-electron chi connectivity index (χ0n) is 11.8. The molecule has 0 aliphatic heterocycles. The molecule has 0 radical (unpaired) electrons. The topological polar surface area (TPSA) is 41.1 Å². The van der Waals surface area contributed by atoms with Crippen molar-refractivity contribution in [3.63, 3.8) is 0 Å². The molecule has 3 nitrogen and oxygen atoms in total. The lowest BCUT2D eigenvalue weighted by Gasteiger charge is -2.12. The highest BCUT2D eigenvalue weighted by molar-refractivity contribution is 9.10. The summed E-state index contributed by atoms with van der Waals surface area (Å²) in [7, 11) is 0. The van der Waals surface area contributed by atoms with Crippen LogP contribution in [0.4, 0.5) is 11.4 Å². The number of rotatable bonds is 4. The molecule has 0 aliphatic rings. The molecule has 0 aromatic heterocycles. The van der Waals surface area contributed by atoms with E-state index in [9.17, 15) is 4.79 Å². The SMILES string of the molecule is CC(=O)Nc1ccc(NCc2cc(Br)ccc2Cl)cc1C. The van der Waals surface area contributed by atoms with Gasteiger partial charge in [0.2, 0.25) is 5.91 Å². The highest BCUT2D eigenvalue weighted by atomic mass is 79.9. The Balaban J connectivity index is 2.08. The van der Waals surface area contributed by atoms with Crippen LogP contribution in [0.3, 0.4) is 0 Å². The van der Waals surface area contributed by atoms with Gasteiger partial charge in [0.15, 0.2) is 0 Å². The summed E-state index contributed by atoms with van der Waals surface area (Å²) in [4.78, 5) is 11.1. The molecule has 0 spiro atoms. The Labute approximate surface area is 137 Å². The van der Waals surface area contributed by atoms with Crippen molar-refractivity contribution in [3.8, 4) is 0 Å². The van der Waals surface area contributed by atoms with Crippen LogP contribution < -0.4 is 10.6 Å². The van der Waals surface area contributed by atoms with Crippen molar-refractivity contribution in [2.75, 3.05) is 10.6 Å². The van der Waals surface area contributed by atoms with Gasteiger partial charge in [0, 0.05) is 34.3 Å². The van der Waals surface area contributed by atoms with Gasteiger partial charge in [0.1, 0.15) is 0 Å². The molecule has 0 fully saturated rings. The molecule has 110 valence electrons. The van der Waals surface area contributed by atoms with E-state index in [-0.39, 0.29) is 5.91 Å². The fraction of sp³-hybridized carbons (Fsp3) is 0.188. The van der Waals surface area contributed by atoms with Gasteiger partial charge in [-0.25, -0.2) is 0 Å². The van der Waals surface area contributed by atoms with Crippen LogP contribution in [-0.4, -0.2) is 5.91 Å². The van der Waals surface area contributed by atoms with Gasteiger partial charge in [-0.1, -0.05) is 27.5 Å². The first-order chi connectivity index (χ1) is 9.95. The smallest absolute Gasteiger partial charge is 0.221 e. The maximum Gasteiger partial charge on any atom is 0.221 e. The molecule has 0 saturated heterocycles. The molecule has 2 rings (SSSR count). The van der Waals surface area contributed by atoms with Crippen molar-refractivity contribution in [3.05, 3.63) is 57.0 Å². The molecular formula is C16H16BrClN2O. The predicted octanol–water partition coefficient (Wildman–Crippen LogP) is 4.98. The summed E-state index contributed by atoms with van der Waals surface area (Å²) in [5, 5.41) is 6.86. The number of halogens is 2. The second-order valence-electron chi connectivity index (χ2n) is 4.80. The maximum atomic E-state index is 11.1. The van der Waals surface area contributed by atoms with Crippen molar-refractivity contribution in [2.24, 2.45) is 0 Å². The molecule has 1 amide bonds. The second-order valence-corrected chi connectivity index (χ2v) is 6.12. The van der Waals surface area contributed by atoms with Crippen molar-refractivity contribution >= 4 is 44.8 Å². The standard InChI is InChI=1S/C16H16BrClN2O/c1-10-7-14(4-6-16(10)20-11(2)21)19-9-12-8-13(17)3-5-15(12)18/h3-8,19H,9H2,1-2H3,(H,20,21). The van der Waals surface area contributed by atoms with Gasteiger partial charge >= 0.3 is 0 Å². The van der Waals surface area contributed by atoms with E-state index < -0.39 is 0 Å². The van der Waals surface area contributed by atoms with Crippen molar-refractivity contribution in [1.29, 1.82) is 0 Å². The quantitative estimate of drug-likeness (QED) is 0.800. The lowest BCUT2D eigenvalue weighted by Crippen LogP contribution is -2.07. The van der Waals surface area contributed by atoms with Crippen LogP contribution in [0.15, 0.2) is 40.9 Å². The fourth-order valence-electron chi connectivity index (χ4n) is 1.98. The second kappa shape index (κ2) is 6.96. The van der Waals surface area contributed by atoms with Crippen LogP contribution in [0, 0.1) is 6.92 Å². The minimum absolute atomic E-state index is 0.0697. The van der Waals surface area contributed by atoms with Crippen LogP contribution in [-0.2, 0) is 11.3 Å². The van der Waals surface area contributed by atoms with Gasteiger partial charge in [-0.15, -0.1) is 0 Å². The number of benzene rings is 2. The zero-order valence-corrected chi connectivity index (χ0v) is 14.2. The molecule has 0 saturated carbocycles. The molecule has 2 N–H and O–H groups in total. The monoisotopic (exact) mass is 366 g/mol. The first kappa shape index (κ1) is 15.9. The van der Waals surface area contributed by atoms with E-state index in [4.69, 9.17) is 11.6 Å². The van der Waals surface area contributed by atoms with Gasteiger partial charge in [0.05, 0.1) is 0 Å². The molecule has 0 unspecified atom stereocenters. The summed E-state index contributed by atoms with van der Waals surface area (Å²) >= 11 is 9.61. The number of anilines is 2. The van der Waals surface area contributed by atoms with Crippen molar-refractivity contribution in [1.82, 2.24) is 0 Å². The van der Waals surface area contributed by atoms with Crippen molar-refractivity contribution < 1.29 is 4.79 Å². The van der Waals surface area contributed by atoms with Crippen LogP contribution in [0.5, 0.6) is 0 Å². The maximum absolute atomic E-state index is 11.1. The molecule has 2 aromatic carbocycles. The van der Waals surface area contributed by atoms with E-state index in [0.29, 0.717) is 6.54 Å². The predicted molar refractivity (Wildman–Crippen MR) is 92.0 cm³/mol. The van der Waals surface area contributed by atoms with Crippen LogP contribution in [0.25, 0.3) is 0 Å². The Morgan fingerprint density at radius 2 is 2.00 bits per heavy atom. The highest BCUT2D eigenvalue weighted by Gasteiger charge is 2.04. The molecule has 0 atom stereocenters. The van der Waals surface area contributed by atoms with Crippen LogP contribution in [0.1, 0.15) is 18.1 Å². The third-order valence-electron chi connectivity index (χ3n) is 3.03. The minimum atomic E-state index is -0.0697. The number of hydrogen-bond acceptors (Lipinski definition) is 2. The average Bonchev–Trinajstić information content (AvgIpc) is 2.42. The summed E-state index contributed by atoms with van der Waals surface area (Å²) in [6.45, 7) is 4.10. The zero-order chi connectivity index (χ0) is 15.4. The molecule has 21 heavy (non-hydrogen) atoms. The summed E-state index contributed by atoms with van der Waals surface area (Å²) in [6.07, 6.45) is 0. The van der Waals surface area contributed by atoms with E-state index >= 15 is 0 Å². The third-order valence-corrected chi connectivity index (χ3v) is 3.89. The summed E-state index contributed by atoms with van der Waals surface area (Å²) in [5.74, 6) is -0.0697. The van der Waals surface area contributed by atoms with Crippen LogP contribution >= 0.6 is 27.5 Å². The van der Waals surface area contributed by atoms with Crippen molar-refractivity contribution in [2.45, 2.75) is 20.4 Å². The minimum Gasteiger partial charge on any atom is -0.381 e.